The number of anilines is 1. The van der Waals surface area contributed by atoms with E-state index < -0.39 is 17.5 Å². The molecule has 1 aromatic heterocycles. The molecule has 192 valence electrons. The molecule has 11 heteroatoms. The fraction of sp³-hybridized carbons (Fsp3) is 0.542. The van der Waals surface area contributed by atoms with Gasteiger partial charge in [0.2, 0.25) is 0 Å². The van der Waals surface area contributed by atoms with Gasteiger partial charge in [-0.1, -0.05) is 0 Å². The highest BCUT2D eigenvalue weighted by atomic mass is 19.4. The van der Waals surface area contributed by atoms with Crippen molar-refractivity contribution < 1.29 is 27.8 Å². The molecule has 8 nitrogen and oxygen atoms in total. The molecular weight excluding hydrogens is 463 g/mol. The molecule has 2 aromatic rings. The largest absolute Gasteiger partial charge is 0.507 e. The van der Waals surface area contributed by atoms with E-state index in [2.05, 4.69) is 25.2 Å². The molecule has 1 aliphatic heterocycles. The molecule has 0 unspecified atom stereocenters. The SMILES string of the molecule is COC(=O)CCCCN1CCC[C@@H](Nc2nnc(-c3ccc(C(F)(F)F)cc3O)c(C)c2CN)C1. The van der Waals surface area contributed by atoms with Crippen molar-refractivity contribution in [2.45, 2.75) is 57.8 Å². The van der Waals surface area contributed by atoms with E-state index >= 15 is 0 Å². The second-order valence-corrected chi connectivity index (χ2v) is 8.75. The number of likely N-dealkylation sites (tertiary alicyclic amines) is 1. The van der Waals surface area contributed by atoms with Crippen LogP contribution in [0, 0.1) is 6.92 Å². The van der Waals surface area contributed by atoms with Crippen LogP contribution in [0.5, 0.6) is 5.75 Å². The van der Waals surface area contributed by atoms with Crippen molar-refractivity contribution in [3.63, 3.8) is 0 Å². The Morgan fingerprint density at radius 1 is 1.31 bits per heavy atom. The summed E-state index contributed by atoms with van der Waals surface area (Å²) in [5.74, 6) is -0.173. The number of rotatable bonds is 9. The van der Waals surface area contributed by atoms with Crippen LogP contribution < -0.4 is 11.1 Å². The van der Waals surface area contributed by atoms with Gasteiger partial charge in [-0.3, -0.25) is 4.79 Å². The number of halogens is 3. The van der Waals surface area contributed by atoms with Crippen molar-refractivity contribution in [2.75, 3.05) is 32.1 Å². The Morgan fingerprint density at radius 3 is 2.74 bits per heavy atom. The summed E-state index contributed by atoms with van der Waals surface area (Å²) in [6.45, 7) is 4.60. The number of hydrogen-bond donors (Lipinski definition) is 3. The summed E-state index contributed by atoms with van der Waals surface area (Å²) in [6.07, 6.45) is -0.493. The molecule has 0 saturated carbocycles. The monoisotopic (exact) mass is 495 g/mol. The summed E-state index contributed by atoms with van der Waals surface area (Å²) in [5.41, 5.74) is 6.87. The van der Waals surface area contributed by atoms with Crippen LogP contribution in [0.3, 0.4) is 0 Å². The Morgan fingerprint density at radius 2 is 2.09 bits per heavy atom. The predicted octanol–water partition coefficient (Wildman–Crippen LogP) is 3.85. The quantitative estimate of drug-likeness (QED) is 0.355. The average molecular weight is 496 g/mol. The van der Waals surface area contributed by atoms with Crippen LogP contribution in [0.25, 0.3) is 11.3 Å². The first-order chi connectivity index (χ1) is 16.6. The smallest absolute Gasteiger partial charge is 0.416 e. The Labute approximate surface area is 202 Å². The van der Waals surface area contributed by atoms with Gasteiger partial charge in [0.05, 0.1) is 12.7 Å². The molecule has 1 saturated heterocycles. The molecule has 0 bridgehead atoms. The number of hydrogen-bond acceptors (Lipinski definition) is 8. The molecule has 35 heavy (non-hydrogen) atoms. The highest BCUT2D eigenvalue weighted by Gasteiger charge is 2.31. The van der Waals surface area contributed by atoms with E-state index in [1.807, 2.05) is 0 Å². The number of aromatic hydroxyl groups is 1. The van der Waals surface area contributed by atoms with Gasteiger partial charge in [0.25, 0.3) is 0 Å². The molecule has 2 heterocycles. The summed E-state index contributed by atoms with van der Waals surface area (Å²) >= 11 is 0. The van der Waals surface area contributed by atoms with Crippen LogP contribution >= 0.6 is 0 Å². The minimum absolute atomic E-state index is 0.133. The van der Waals surface area contributed by atoms with Gasteiger partial charge < -0.3 is 25.8 Å². The number of esters is 1. The third-order valence-electron chi connectivity index (χ3n) is 6.31. The molecule has 1 fully saturated rings. The van der Waals surface area contributed by atoms with E-state index in [1.165, 1.54) is 13.2 Å². The number of ether oxygens (including phenoxy) is 1. The first-order valence-corrected chi connectivity index (χ1v) is 11.7. The van der Waals surface area contributed by atoms with Gasteiger partial charge in [-0.15, -0.1) is 10.2 Å². The third-order valence-corrected chi connectivity index (χ3v) is 6.31. The number of alkyl halides is 3. The van der Waals surface area contributed by atoms with Crippen molar-refractivity contribution in [3.05, 3.63) is 34.9 Å². The normalized spacial score (nSPS) is 16.8. The number of carbonyl (C=O) groups is 1. The number of unbranched alkanes of at least 4 members (excludes halogenated alkanes) is 1. The lowest BCUT2D eigenvalue weighted by molar-refractivity contribution is -0.140. The van der Waals surface area contributed by atoms with Crippen molar-refractivity contribution in [2.24, 2.45) is 5.73 Å². The van der Waals surface area contributed by atoms with E-state index in [0.29, 0.717) is 29.4 Å². The number of benzene rings is 1. The average Bonchev–Trinajstić information content (AvgIpc) is 2.82. The molecule has 0 aliphatic carbocycles. The van der Waals surface area contributed by atoms with Crippen LogP contribution in [0.4, 0.5) is 19.0 Å². The fourth-order valence-corrected chi connectivity index (χ4v) is 4.36. The lowest BCUT2D eigenvalue weighted by Gasteiger charge is -2.33. The van der Waals surface area contributed by atoms with E-state index in [1.54, 1.807) is 6.92 Å². The molecule has 1 atom stereocenters. The van der Waals surface area contributed by atoms with Crippen LogP contribution in [-0.4, -0.2) is 59.0 Å². The first kappa shape index (κ1) is 26.7. The Bertz CT molecular complexity index is 1030. The van der Waals surface area contributed by atoms with Crippen molar-refractivity contribution in [1.82, 2.24) is 15.1 Å². The third kappa shape index (κ3) is 6.82. The standard InChI is InChI=1S/C24H32F3N5O3/c1-15-19(13-28)23(29-17-6-5-11-32(14-17)10-4-3-7-21(34)35-2)31-30-22(15)18-9-8-16(12-20(18)33)24(25,26)27/h8-9,12,17,33H,3-7,10-11,13-14,28H2,1-2H3,(H,29,31)/t17-/m1/s1. The zero-order valence-electron chi connectivity index (χ0n) is 20.0. The highest BCUT2D eigenvalue weighted by Crippen LogP contribution is 2.37. The topological polar surface area (TPSA) is 114 Å². The van der Waals surface area contributed by atoms with Crippen molar-refractivity contribution >= 4 is 11.8 Å². The van der Waals surface area contributed by atoms with Gasteiger partial charge in [0, 0.05) is 36.7 Å². The number of methoxy groups -OCH3 is 1. The Kier molecular flexibility index (Phi) is 8.90. The van der Waals surface area contributed by atoms with Gasteiger partial charge in [-0.25, -0.2) is 0 Å². The molecule has 0 radical (unpaired) electrons. The van der Waals surface area contributed by atoms with Crippen molar-refractivity contribution in [1.29, 1.82) is 0 Å². The maximum Gasteiger partial charge on any atom is 0.416 e. The van der Waals surface area contributed by atoms with Crippen LogP contribution in [0.1, 0.15) is 48.8 Å². The van der Waals surface area contributed by atoms with E-state index in [9.17, 15) is 23.1 Å². The number of nitrogens with two attached hydrogens (primary N) is 1. The molecule has 1 aliphatic rings. The van der Waals surface area contributed by atoms with E-state index in [4.69, 9.17) is 5.73 Å². The Hall–Kier alpha value is -2.92. The lowest BCUT2D eigenvalue weighted by atomic mass is 10.00. The Balaban J connectivity index is 1.70. The van der Waals surface area contributed by atoms with Gasteiger partial charge in [0.15, 0.2) is 5.82 Å². The number of nitrogens with zero attached hydrogens (tertiary/aromatic N) is 3. The zero-order chi connectivity index (χ0) is 25.6. The zero-order valence-corrected chi connectivity index (χ0v) is 20.0. The lowest BCUT2D eigenvalue weighted by Crippen LogP contribution is -2.42. The van der Waals surface area contributed by atoms with Gasteiger partial charge in [-0.05, 0) is 69.5 Å². The van der Waals surface area contributed by atoms with Crippen LogP contribution in [0.2, 0.25) is 0 Å². The second-order valence-electron chi connectivity index (χ2n) is 8.75. The molecule has 3 rings (SSSR count). The summed E-state index contributed by atoms with van der Waals surface area (Å²) in [7, 11) is 1.39. The number of phenols is 1. The van der Waals surface area contributed by atoms with Gasteiger partial charge in [-0.2, -0.15) is 13.2 Å². The number of nitrogens with one attached hydrogen (secondary N) is 1. The predicted molar refractivity (Wildman–Crippen MR) is 126 cm³/mol. The summed E-state index contributed by atoms with van der Waals surface area (Å²) in [6, 6.07) is 2.93. The molecule has 4 N–H and O–H groups in total. The number of aromatic nitrogens is 2. The number of phenolic OH excluding ortho intramolecular Hbond substituents is 1. The molecule has 1 aromatic carbocycles. The summed E-state index contributed by atoms with van der Waals surface area (Å²) < 4.78 is 43.5. The fourth-order valence-electron chi connectivity index (χ4n) is 4.36. The van der Waals surface area contributed by atoms with Gasteiger partial charge >= 0.3 is 12.1 Å². The maximum absolute atomic E-state index is 13.0. The maximum atomic E-state index is 13.0. The molecule has 0 amide bonds. The highest BCUT2D eigenvalue weighted by molar-refractivity contribution is 5.72. The van der Waals surface area contributed by atoms with Crippen LogP contribution in [-0.2, 0) is 22.3 Å². The van der Waals surface area contributed by atoms with Gasteiger partial charge in [0.1, 0.15) is 11.4 Å². The summed E-state index contributed by atoms with van der Waals surface area (Å²) in [5, 5.41) is 22.2. The summed E-state index contributed by atoms with van der Waals surface area (Å²) in [4.78, 5) is 13.6. The molecular formula is C24H32F3N5O3. The minimum Gasteiger partial charge on any atom is -0.507 e. The van der Waals surface area contributed by atoms with Crippen LogP contribution in [0.15, 0.2) is 18.2 Å². The second kappa shape index (κ2) is 11.7. The van der Waals surface area contributed by atoms with E-state index in [-0.39, 0.29) is 29.8 Å². The minimum atomic E-state index is -4.55. The molecule has 0 spiro atoms. The first-order valence-electron chi connectivity index (χ1n) is 11.7. The van der Waals surface area contributed by atoms with Crippen molar-refractivity contribution in [3.8, 4) is 17.0 Å². The number of piperidine rings is 1. The number of carbonyl (C=O) groups excluding carboxylic acids is 1. The van der Waals surface area contributed by atoms with E-state index in [0.717, 1.165) is 51.4 Å².